The van der Waals surface area contributed by atoms with Crippen LogP contribution in [0.5, 0.6) is 0 Å². The van der Waals surface area contributed by atoms with E-state index in [1.165, 1.54) is 29.2 Å². The van der Waals surface area contributed by atoms with Crippen molar-refractivity contribution in [1.82, 2.24) is 10.2 Å². The number of amides is 2. The van der Waals surface area contributed by atoms with Gasteiger partial charge in [0.05, 0.1) is 20.6 Å². The van der Waals surface area contributed by atoms with Crippen LogP contribution in [0.2, 0.25) is 10.0 Å². The Kier molecular flexibility index (Phi) is 10.0. The lowest BCUT2D eigenvalue weighted by Crippen LogP contribution is -2.52. The summed E-state index contributed by atoms with van der Waals surface area (Å²) in [6.45, 7) is 8.58. The molecule has 0 unspecified atom stereocenters. The number of hydrogen-bond acceptors (Lipinski definition) is 4. The van der Waals surface area contributed by atoms with Crippen molar-refractivity contribution >= 4 is 50.7 Å². The highest BCUT2D eigenvalue weighted by Gasteiger charge is 2.33. The lowest BCUT2D eigenvalue weighted by atomic mass is 10.1. The summed E-state index contributed by atoms with van der Waals surface area (Å²) in [4.78, 5) is 28.3. The number of benzene rings is 3. The molecule has 0 fully saturated rings. The summed E-state index contributed by atoms with van der Waals surface area (Å²) in [5.41, 5.74) is 2.79. The fourth-order valence-corrected chi connectivity index (χ4v) is 5.79. The number of anilines is 1. The molecule has 0 saturated heterocycles. The SMILES string of the molecule is Cc1ccc(CN(C(=O)CN(c2cccc(Cl)c2Cl)S(=O)(=O)c2ccc(C)cc2)[C@@H](C)C(=O)NC(C)C)cc1. The number of carbonyl (C=O) groups excluding carboxylic acids is 2. The van der Waals surface area contributed by atoms with Crippen LogP contribution >= 0.6 is 23.2 Å². The average Bonchev–Trinajstić information content (AvgIpc) is 2.88. The molecule has 0 aliphatic heterocycles. The van der Waals surface area contributed by atoms with Gasteiger partial charge in [-0.05, 0) is 64.4 Å². The molecule has 0 aromatic heterocycles. The topological polar surface area (TPSA) is 86.8 Å². The maximum absolute atomic E-state index is 13.9. The third kappa shape index (κ3) is 7.53. The molecular formula is C29H33Cl2N3O4S. The molecule has 10 heteroatoms. The molecule has 3 aromatic carbocycles. The zero-order valence-corrected chi connectivity index (χ0v) is 24.9. The van der Waals surface area contributed by atoms with Gasteiger partial charge in [-0.25, -0.2) is 8.42 Å². The third-order valence-electron chi connectivity index (χ3n) is 6.16. The molecule has 0 radical (unpaired) electrons. The number of carbonyl (C=O) groups is 2. The average molecular weight is 591 g/mol. The molecule has 1 N–H and O–H groups in total. The molecule has 0 bridgehead atoms. The van der Waals surface area contributed by atoms with E-state index in [2.05, 4.69) is 5.32 Å². The van der Waals surface area contributed by atoms with Gasteiger partial charge in [0.1, 0.15) is 12.6 Å². The van der Waals surface area contributed by atoms with Crippen LogP contribution in [0.1, 0.15) is 37.5 Å². The predicted molar refractivity (Wildman–Crippen MR) is 157 cm³/mol. The van der Waals surface area contributed by atoms with Crippen molar-refractivity contribution in [3.8, 4) is 0 Å². The second-order valence-corrected chi connectivity index (χ2v) is 12.4. The summed E-state index contributed by atoms with van der Waals surface area (Å²) in [6, 6.07) is 17.5. The Morgan fingerprint density at radius 3 is 2.00 bits per heavy atom. The zero-order valence-electron chi connectivity index (χ0n) is 22.6. The van der Waals surface area contributed by atoms with Crippen LogP contribution in [-0.4, -0.2) is 43.8 Å². The lowest BCUT2D eigenvalue weighted by Gasteiger charge is -2.32. The van der Waals surface area contributed by atoms with Crippen LogP contribution in [0.15, 0.2) is 71.6 Å². The lowest BCUT2D eigenvalue weighted by molar-refractivity contribution is -0.139. The van der Waals surface area contributed by atoms with E-state index in [4.69, 9.17) is 23.2 Å². The van der Waals surface area contributed by atoms with Crippen molar-refractivity contribution in [2.24, 2.45) is 0 Å². The summed E-state index contributed by atoms with van der Waals surface area (Å²) >= 11 is 12.7. The van der Waals surface area contributed by atoms with Gasteiger partial charge in [-0.3, -0.25) is 13.9 Å². The minimum Gasteiger partial charge on any atom is -0.352 e. The standard InChI is InChI=1S/C29H33Cl2N3O4S/c1-19(2)32-29(36)22(5)33(17-23-13-9-20(3)10-14-23)27(35)18-34(26-8-6-7-25(30)28(26)31)39(37,38)24-15-11-21(4)12-16-24/h6-16,19,22H,17-18H2,1-5H3,(H,32,36)/t22-/m0/s1. The number of halogens is 2. The first-order valence-electron chi connectivity index (χ1n) is 12.5. The molecule has 0 saturated carbocycles. The quantitative estimate of drug-likeness (QED) is 0.326. The van der Waals surface area contributed by atoms with Crippen LogP contribution < -0.4 is 9.62 Å². The van der Waals surface area contributed by atoms with E-state index in [9.17, 15) is 18.0 Å². The molecule has 3 rings (SSSR count). The van der Waals surface area contributed by atoms with Crippen LogP contribution in [-0.2, 0) is 26.2 Å². The maximum Gasteiger partial charge on any atom is 0.264 e. The van der Waals surface area contributed by atoms with Gasteiger partial charge < -0.3 is 10.2 Å². The van der Waals surface area contributed by atoms with Crippen molar-refractivity contribution in [1.29, 1.82) is 0 Å². The van der Waals surface area contributed by atoms with E-state index in [0.717, 1.165) is 21.0 Å². The Morgan fingerprint density at radius 1 is 0.872 bits per heavy atom. The van der Waals surface area contributed by atoms with Crippen LogP contribution in [0.25, 0.3) is 0 Å². The number of sulfonamides is 1. The molecule has 0 spiro atoms. The highest BCUT2D eigenvalue weighted by Crippen LogP contribution is 2.35. The summed E-state index contributed by atoms with van der Waals surface area (Å²) in [5, 5.41) is 2.98. The van der Waals surface area contributed by atoms with Gasteiger partial charge in [-0.2, -0.15) is 0 Å². The van der Waals surface area contributed by atoms with E-state index < -0.39 is 28.5 Å². The summed E-state index contributed by atoms with van der Waals surface area (Å²) < 4.78 is 28.7. The van der Waals surface area contributed by atoms with Gasteiger partial charge in [-0.1, -0.05) is 76.8 Å². The molecule has 7 nitrogen and oxygen atoms in total. The van der Waals surface area contributed by atoms with Crippen molar-refractivity contribution in [3.05, 3.63) is 93.5 Å². The monoisotopic (exact) mass is 589 g/mol. The van der Waals surface area contributed by atoms with Crippen molar-refractivity contribution in [2.45, 2.75) is 58.1 Å². The number of rotatable bonds is 10. The van der Waals surface area contributed by atoms with Gasteiger partial charge in [0.15, 0.2) is 0 Å². The number of nitrogens with zero attached hydrogens (tertiary/aromatic N) is 2. The van der Waals surface area contributed by atoms with Gasteiger partial charge in [-0.15, -0.1) is 0 Å². The third-order valence-corrected chi connectivity index (χ3v) is 8.74. The van der Waals surface area contributed by atoms with Crippen molar-refractivity contribution < 1.29 is 18.0 Å². The van der Waals surface area contributed by atoms with Gasteiger partial charge in [0, 0.05) is 12.6 Å². The number of aryl methyl sites for hydroxylation is 2. The van der Waals surface area contributed by atoms with Crippen LogP contribution in [0, 0.1) is 13.8 Å². The van der Waals surface area contributed by atoms with E-state index in [-0.39, 0.29) is 39.1 Å². The first kappa shape index (κ1) is 30.5. The highest BCUT2D eigenvalue weighted by atomic mass is 35.5. The highest BCUT2D eigenvalue weighted by molar-refractivity contribution is 7.92. The molecular weight excluding hydrogens is 557 g/mol. The maximum atomic E-state index is 13.9. The smallest absolute Gasteiger partial charge is 0.264 e. The summed E-state index contributed by atoms with van der Waals surface area (Å²) in [7, 11) is -4.24. The Morgan fingerprint density at radius 2 is 1.44 bits per heavy atom. The van der Waals surface area contributed by atoms with E-state index in [0.29, 0.717) is 0 Å². The van der Waals surface area contributed by atoms with Crippen LogP contribution in [0.4, 0.5) is 5.69 Å². The first-order valence-corrected chi connectivity index (χ1v) is 14.7. The zero-order chi connectivity index (χ0) is 28.9. The van der Waals surface area contributed by atoms with Crippen LogP contribution in [0.3, 0.4) is 0 Å². The summed E-state index contributed by atoms with van der Waals surface area (Å²) in [5.74, 6) is -0.923. The minimum absolute atomic E-state index is 0.00154. The molecule has 39 heavy (non-hydrogen) atoms. The number of hydrogen-bond donors (Lipinski definition) is 1. The largest absolute Gasteiger partial charge is 0.352 e. The molecule has 0 aliphatic carbocycles. The normalized spacial score (nSPS) is 12.2. The molecule has 1 atom stereocenters. The van der Waals surface area contributed by atoms with E-state index in [1.54, 1.807) is 25.1 Å². The predicted octanol–water partition coefficient (Wildman–Crippen LogP) is 5.75. The molecule has 3 aromatic rings. The fourth-order valence-electron chi connectivity index (χ4n) is 3.91. The summed E-state index contributed by atoms with van der Waals surface area (Å²) in [6.07, 6.45) is 0. The van der Waals surface area contributed by atoms with Gasteiger partial charge in [0.25, 0.3) is 10.0 Å². The van der Waals surface area contributed by atoms with Crippen molar-refractivity contribution in [2.75, 3.05) is 10.8 Å². The molecule has 0 aliphatic rings. The van der Waals surface area contributed by atoms with Gasteiger partial charge in [0.2, 0.25) is 11.8 Å². The fraction of sp³-hybridized carbons (Fsp3) is 0.310. The molecule has 0 heterocycles. The van der Waals surface area contributed by atoms with E-state index in [1.807, 2.05) is 52.0 Å². The first-order chi connectivity index (χ1) is 18.3. The Bertz CT molecular complexity index is 1430. The minimum atomic E-state index is -4.24. The second-order valence-electron chi connectivity index (χ2n) is 9.74. The number of nitrogens with one attached hydrogen (secondary N) is 1. The van der Waals surface area contributed by atoms with E-state index >= 15 is 0 Å². The van der Waals surface area contributed by atoms with Gasteiger partial charge >= 0.3 is 0 Å². The molecule has 2 amide bonds. The second kappa shape index (κ2) is 12.9. The Hall–Kier alpha value is -3.07. The van der Waals surface area contributed by atoms with Crippen molar-refractivity contribution in [3.63, 3.8) is 0 Å². The Balaban J connectivity index is 2.07. The molecule has 208 valence electrons. The Labute approximate surface area is 240 Å².